The van der Waals surface area contributed by atoms with Gasteiger partial charge in [-0.15, -0.1) is 11.3 Å². The highest BCUT2D eigenvalue weighted by atomic mass is 32.1. The molecule has 1 fully saturated rings. The van der Waals surface area contributed by atoms with Crippen LogP contribution in [0.25, 0.3) is 0 Å². The van der Waals surface area contributed by atoms with Gasteiger partial charge in [0.05, 0.1) is 41.4 Å². The molecule has 4 rings (SSSR count). The number of hydrogen-bond donors (Lipinski definition) is 0. The number of aryl methyl sites for hydroxylation is 2. The average Bonchev–Trinajstić information content (AvgIpc) is 3.42. The first-order valence-electron chi connectivity index (χ1n) is 9.16. The summed E-state index contributed by atoms with van der Waals surface area (Å²) in [5.41, 5.74) is 1.49. The summed E-state index contributed by atoms with van der Waals surface area (Å²) >= 11 is 1.62. The molecular formula is C20H22N4O3S. The predicted octanol–water partition coefficient (Wildman–Crippen LogP) is 3.41. The second-order valence-electron chi connectivity index (χ2n) is 6.78. The Morgan fingerprint density at radius 3 is 2.96 bits per heavy atom. The number of aromatic nitrogens is 3. The molecule has 0 spiro atoms. The smallest absolute Gasteiger partial charge is 0.257 e. The van der Waals surface area contributed by atoms with Gasteiger partial charge in [-0.1, -0.05) is 12.1 Å². The summed E-state index contributed by atoms with van der Waals surface area (Å²) in [5, 5.41) is 7.14. The zero-order valence-electron chi connectivity index (χ0n) is 15.9. The quantitative estimate of drug-likeness (QED) is 0.636. The van der Waals surface area contributed by atoms with E-state index in [1.165, 1.54) is 0 Å². The summed E-state index contributed by atoms with van der Waals surface area (Å²) in [5.74, 6) is 1.09. The molecule has 1 aliphatic rings. The predicted molar refractivity (Wildman–Crippen MR) is 106 cm³/mol. The molecule has 0 aliphatic carbocycles. The molecule has 0 N–H and O–H groups in total. The third-order valence-electron chi connectivity index (χ3n) is 4.59. The highest BCUT2D eigenvalue weighted by Gasteiger charge is 2.29. The number of carbonyl (C=O) groups is 1. The van der Waals surface area contributed by atoms with E-state index in [0.29, 0.717) is 36.8 Å². The van der Waals surface area contributed by atoms with Gasteiger partial charge in [-0.05, 0) is 25.5 Å². The minimum Gasteiger partial charge on any atom is -0.453 e. The Labute approximate surface area is 167 Å². The molecule has 1 unspecified atom stereocenters. The fourth-order valence-electron chi connectivity index (χ4n) is 3.21. The largest absolute Gasteiger partial charge is 0.453 e. The number of ether oxygens (including phenoxy) is 2. The maximum absolute atomic E-state index is 13.0. The standard InChI is InChI=1S/C20H22N4O3S/c1-14-22-15(13-28-14)12-26-16-7-8-24(11-16)20(25)18-5-3-4-6-19(18)27-17-9-21-23(2)10-17/h3-6,9-10,13,16H,7-8,11-12H2,1-2H3. The van der Waals surface area contributed by atoms with E-state index < -0.39 is 0 Å². The average molecular weight is 398 g/mol. The maximum atomic E-state index is 13.0. The van der Waals surface area contributed by atoms with E-state index in [1.54, 1.807) is 40.5 Å². The molecule has 3 aromatic rings. The number of hydrogen-bond acceptors (Lipinski definition) is 6. The number of nitrogens with zero attached hydrogens (tertiary/aromatic N) is 4. The van der Waals surface area contributed by atoms with Gasteiger partial charge < -0.3 is 14.4 Å². The Kier molecular flexibility index (Phi) is 5.40. The van der Waals surface area contributed by atoms with Gasteiger partial charge in [0.1, 0.15) is 5.75 Å². The lowest BCUT2D eigenvalue weighted by Gasteiger charge is -2.18. The van der Waals surface area contributed by atoms with Crippen molar-refractivity contribution < 1.29 is 14.3 Å². The van der Waals surface area contributed by atoms with E-state index in [1.807, 2.05) is 36.4 Å². The fraction of sp³-hybridized carbons (Fsp3) is 0.350. The lowest BCUT2D eigenvalue weighted by Crippen LogP contribution is -2.30. The van der Waals surface area contributed by atoms with Gasteiger partial charge in [0.2, 0.25) is 0 Å². The summed E-state index contributed by atoms with van der Waals surface area (Å²) < 4.78 is 13.5. The van der Waals surface area contributed by atoms with E-state index >= 15 is 0 Å². The second kappa shape index (κ2) is 8.12. The Morgan fingerprint density at radius 1 is 1.36 bits per heavy atom. The highest BCUT2D eigenvalue weighted by molar-refractivity contribution is 7.09. The van der Waals surface area contributed by atoms with Crippen molar-refractivity contribution in [1.29, 1.82) is 0 Å². The Balaban J connectivity index is 1.39. The Bertz CT molecular complexity index is 968. The van der Waals surface area contributed by atoms with Crippen molar-refractivity contribution in [3.8, 4) is 11.5 Å². The Morgan fingerprint density at radius 2 is 2.21 bits per heavy atom. The minimum absolute atomic E-state index is 0.0253. The molecule has 1 atom stereocenters. The third kappa shape index (κ3) is 4.23. The third-order valence-corrected chi connectivity index (χ3v) is 5.41. The van der Waals surface area contributed by atoms with Crippen molar-refractivity contribution in [2.45, 2.75) is 26.1 Å². The monoisotopic (exact) mass is 398 g/mol. The van der Waals surface area contributed by atoms with Crippen LogP contribution in [-0.2, 0) is 18.4 Å². The van der Waals surface area contributed by atoms with Crippen LogP contribution in [0, 0.1) is 6.92 Å². The normalized spacial score (nSPS) is 16.5. The van der Waals surface area contributed by atoms with Gasteiger partial charge in [-0.3, -0.25) is 9.48 Å². The van der Waals surface area contributed by atoms with E-state index in [2.05, 4.69) is 10.1 Å². The molecule has 0 saturated carbocycles. The van der Waals surface area contributed by atoms with E-state index in [4.69, 9.17) is 9.47 Å². The van der Waals surface area contributed by atoms with Crippen LogP contribution in [-0.4, -0.2) is 44.8 Å². The van der Waals surface area contributed by atoms with Crippen LogP contribution < -0.4 is 4.74 Å². The molecule has 146 valence electrons. The molecule has 0 radical (unpaired) electrons. The van der Waals surface area contributed by atoms with Crippen LogP contribution in [0.3, 0.4) is 0 Å². The number of likely N-dealkylation sites (tertiary alicyclic amines) is 1. The van der Waals surface area contributed by atoms with Crippen LogP contribution in [0.1, 0.15) is 27.5 Å². The molecule has 0 bridgehead atoms. The van der Waals surface area contributed by atoms with Crippen LogP contribution in [0.5, 0.6) is 11.5 Å². The molecule has 28 heavy (non-hydrogen) atoms. The van der Waals surface area contributed by atoms with Crippen molar-refractivity contribution in [2.75, 3.05) is 13.1 Å². The highest BCUT2D eigenvalue weighted by Crippen LogP contribution is 2.27. The van der Waals surface area contributed by atoms with Gasteiger partial charge in [-0.2, -0.15) is 5.10 Å². The van der Waals surface area contributed by atoms with Crippen LogP contribution in [0.4, 0.5) is 0 Å². The molecular weight excluding hydrogens is 376 g/mol. The number of amides is 1. The first-order valence-corrected chi connectivity index (χ1v) is 10.0. The van der Waals surface area contributed by atoms with E-state index in [0.717, 1.165) is 17.1 Å². The summed E-state index contributed by atoms with van der Waals surface area (Å²) in [6, 6.07) is 7.29. The molecule has 3 heterocycles. The molecule has 1 aromatic carbocycles. The molecule has 1 amide bonds. The van der Waals surface area contributed by atoms with Gasteiger partial charge >= 0.3 is 0 Å². The number of rotatable bonds is 6. The molecule has 2 aromatic heterocycles. The van der Waals surface area contributed by atoms with Crippen molar-refractivity contribution in [1.82, 2.24) is 19.7 Å². The van der Waals surface area contributed by atoms with Gasteiger partial charge in [0.25, 0.3) is 5.91 Å². The molecule has 8 heteroatoms. The van der Waals surface area contributed by atoms with Gasteiger partial charge in [-0.25, -0.2) is 4.98 Å². The number of thiazole rings is 1. The lowest BCUT2D eigenvalue weighted by molar-refractivity contribution is 0.0423. The van der Waals surface area contributed by atoms with Crippen LogP contribution in [0.2, 0.25) is 0 Å². The van der Waals surface area contributed by atoms with Gasteiger partial charge in [0, 0.05) is 25.5 Å². The Hall–Kier alpha value is -2.71. The molecule has 7 nitrogen and oxygen atoms in total. The SMILES string of the molecule is Cc1nc(COC2CCN(C(=O)c3ccccc3Oc3cnn(C)c3)C2)cs1. The maximum Gasteiger partial charge on any atom is 0.257 e. The van der Waals surface area contributed by atoms with E-state index in [9.17, 15) is 4.79 Å². The zero-order valence-corrected chi connectivity index (χ0v) is 16.7. The van der Waals surface area contributed by atoms with Crippen LogP contribution >= 0.6 is 11.3 Å². The lowest BCUT2D eigenvalue weighted by atomic mass is 10.1. The minimum atomic E-state index is -0.0462. The van der Waals surface area contributed by atoms with Gasteiger partial charge in [0.15, 0.2) is 5.75 Å². The topological polar surface area (TPSA) is 69.5 Å². The number of para-hydroxylation sites is 1. The van der Waals surface area contributed by atoms with Crippen LogP contribution in [0.15, 0.2) is 42.0 Å². The first-order chi connectivity index (χ1) is 13.6. The number of carbonyl (C=O) groups excluding carboxylic acids is 1. The van der Waals surface area contributed by atoms with Crippen molar-refractivity contribution in [2.24, 2.45) is 7.05 Å². The molecule has 1 aliphatic heterocycles. The molecule has 1 saturated heterocycles. The first kappa shape index (κ1) is 18.6. The summed E-state index contributed by atoms with van der Waals surface area (Å²) in [7, 11) is 1.82. The van der Waals surface area contributed by atoms with Crippen molar-refractivity contribution >= 4 is 17.2 Å². The zero-order chi connectivity index (χ0) is 19.5. The van der Waals surface area contributed by atoms with Crippen molar-refractivity contribution in [3.05, 3.63) is 58.3 Å². The number of benzene rings is 1. The summed E-state index contributed by atoms with van der Waals surface area (Å²) in [6.45, 7) is 3.71. The summed E-state index contributed by atoms with van der Waals surface area (Å²) in [6.07, 6.45) is 4.24. The summed E-state index contributed by atoms with van der Waals surface area (Å²) in [4.78, 5) is 19.3. The van der Waals surface area contributed by atoms with E-state index in [-0.39, 0.29) is 12.0 Å². The van der Waals surface area contributed by atoms with Crippen molar-refractivity contribution in [3.63, 3.8) is 0 Å². The fourth-order valence-corrected chi connectivity index (χ4v) is 3.80. The second-order valence-corrected chi connectivity index (χ2v) is 7.84.